The zero-order valence-corrected chi connectivity index (χ0v) is 10.1. The standard InChI is InChI=1S/C11H14N2O3S/c14-10-2-1-8(7-12-10)11(15)13-9-3-5-17(16)6-4-9/h1-2,7,9H,3-6H2,(H,12,14)(H,13,15). The lowest BCUT2D eigenvalue weighted by atomic mass is 10.1. The van der Waals surface area contributed by atoms with E-state index in [-0.39, 0.29) is 17.5 Å². The number of carbonyl (C=O) groups is 1. The van der Waals surface area contributed by atoms with E-state index in [0.717, 1.165) is 12.8 Å². The van der Waals surface area contributed by atoms with Gasteiger partial charge in [-0.15, -0.1) is 0 Å². The van der Waals surface area contributed by atoms with Gasteiger partial charge in [0.25, 0.3) is 5.91 Å². The van der Waals surface area contributed by atoms with Gasteiger partial charge in [0.2, 0.25) is 5.56 Å². The van der Waals surface area contributed by atoms with Gasteiger partial charge in [0, 0.05) is 40.6 Å². The van der Waals surface area contributed by atoms with Gasteiger partial charge < -0.3 is 10.3 Å². The zero-order valence-electron chi connectivity index (χ0n) is 9.27. The monoisotopic (exact) mass is 254 g/mol. The van der Waals surface area contributed by atoms with E-state index in [1.165, 1.54) is 18.3 Å². The number of amides is 1. The molecule has 5 nitrogen and oxygen atoms in total. The number of carbonyl (C=O) groups excluding carboxylic acids is 1. The van der Waals surface area contributed by atoms with Crippen LogP contribution in [0.3, 0.4) is 0 Å². The molecule has 0 bridgehead atoms. The van der Waals surface area contributed by atoms with E-state index in [4.69, 9.17) is 0 Å². The third kappa shape index (κ3) is 3.26. The number of H-pyrrole nitrogens is 1. The first-order chi connectivity index (χ1) is 8.15. The highest BCUT2D eigenvalue weighted by molar-refractivity contribution is 7.85. The van der Waals surface area contributed by atoms with Crippen LogP contribution in [0.4, 0.5) is 0 Å². The lowest BCUT2D eigenvalue weighted by Crippen LogP contribution is -2.39. The van der Waals surface area contributed by atoms with Crippen molar-refractivity contribution in [2.24, 2.45) is 0 Å². The maximum atomic E-state index is 11.8. The molecule has 2 N–H and O–H groups in total. The summed E-state index contributed by atoms with van der Waals surface area (Å²) in [6, 6.07) is 2.91. The summed E-state index contributed by atoms with van der Waals surface area (Å²) in [5.41, 5.74) is 0.214. The Labute approximate surface area is 101 Å². The molecule has 0 aromatic carbocycles. The smallest absolute Gasteiger partial charge is 0.252 e. The van der Waals surface area contributed by atoms with Gasteiger partial charge >= 0.3 is 0 Å². The van der Waals surface area contributed by atoms with Gasteiger partial charge in [-0.25, -0.2) is 0 Å². The van der Waals surface area contributed by atoms with Crippen molar-refractivity contribution in [2.75, 3.05) is 11.5 Å². The van der Waals surface area contributed by atoms with Crippen LogP contribution in [0.15, 0.2) is 23.1 Å². The number of nitrogens with one attached hydrogen (secondary N) is 2. The molecule has 6 heteroatoms. The summed E-state index contributed by atoms with van der Waals surface area (Å²) in [6.07, 6.45) is 2.90. The third-order valence-electron chi connectivity index (χ3n) is 2.77. The van der Waals surface area contributed by atoms with Crippen molar-refractivity contribution in [1.29, 1.82) is 0 Å². The fraction of sp³-hybridized carbons (Fsp3) is 0.455. The van der Waals surface area contributed by atoms with E-state index in [1.807, 2.05) is 0 Å². The van der Waals surface area contributed by atoms with Gasteiger partial charge in [-0.3, -0.25) is 13.8 Å². The van der Waals surface area contributed by atoms with Gasteiger partial charge in [-0.05, 0) is 18.9 Å². The molecule has 1 aliphatic rings. The zero-order chi connectivity index (χ0) is 12.3. The van der Waals surface area contributed by atoms with Crippen LogP contribution in [0, 0.1) is 0 Å². The quantitative estimate of drug-likeness (QED) is 0.780. The topological polar surface area (TPSA) is 79.0 Å². The molecule has 1 fully saturated rings. The average molecular weight is 254 g/mol. The van der Waals surface area contributed by atoms with Crippen molar-refractivity contribution in [2.45, 2.75) is 18.9 Å². The first-order valence-electron chi connectivity index (χ1n) is 5.50. The summed E-state index contributed by atoms with van der Waals surface area (Å²) < 4.78 is 11.2. The van der Waals surface area contributed by atoms with E-state index in [2.05, 4.69) is 10.3 Å². The van der Waals surface area contributed by atoms with Gasteiger partial charge in [0.05, 0.1) is 5.56 Å². The molecule has 2 heterocycles. The summed E-state index contributed by atoms with van der Waals surface area (Å²) in [6.45, 7) is 0. The maximum Gasteiger partial charge on any atom is 0.252 e. The SMILES string of the molecule is O=C(NC1CCS(=O)CC1)c1ccc(=O)[nH]c1. The van der Waals surface area contributed by atoms with Crippen molar-refractivity contribution < 1.29 is 9.00 Å². The van der Waals surface area contributed by atoms with E-state index in [1.54, 1.807) is 0 Å². The number of aromatic amines is 1. The maximum absolute atomic E-state index is 11.8. The minimum Gasteiger partial charge on any atom is -0.349 e. The minimum atomic E-state index is -0.722. The third-order valence-corrected chi connectivity index (χ3v) is 4.15. The van der Waals surface area contributed by atoms with Crippen LogP contribution >= 0.6 is 0 Å². The van der Waals surface area contributed by atoms with E-state index in [9.17, 15) is 13.8 Å². The summed E-state index contributed by atoms with van der Waals surface area (Å²) in [4.78, 5) is 25.1. The second kappa shape index (κ2) is 5.27. The summed E-state index contributed by atoms with van der Waals surface area (Å²) in [5.74, 6) is 1.10. The van der Waals surface area contributed by atoms with Gasteiger partial charge in [0.15, 0.2) is 0 Å². The van der Waals surface area contributed by atoms with Crippen LogP contribution in [-0.2, 0) is 10.8 Å². The molecule has 0 spiro atoms. The van der Waals surface area contributed by atoms with Crippen LogP contribution in [0.1, 0.15) is 23.2 Å². The molecule has 0 radical (unpaired) electrons. The van der Waals surface area contributed by atoms with E-state index < -0.39 is 10.8 Å². The summed E-state index contributed by atoms with van der Waals surface area (Å²) in [7, 11) is -0.722. The number of hydrogen-bond donors (Lipinski definition) is 2. The predicted molar refractivity (Wildman–Crippen MR) is 65.4 cm³/mol. The van der Waals surface area contributed by atoms with Crippen molar-refractivity contribution >= 4 is 16.7 Å². The Bertz CT molecular complexity index is 467. The van der Waals surface area contributed by atoms with Crippen LogP contribution in [0.2, 0.25) is 0 Å². The first kappa shape index (κ1) is 12.0. The highest BCUT2D eigenvalue weighted by Crippen LogP contribution is 2.09. The van der Waals surface area contributed by atoms with E-state index in [0.29, 0.717) is 17.1 Å². The second-order valence-corrected chi connectivity index (χ2v) is 5.73. The van der Waals surface area contributed by atoms with E-state index >= 15 is 0 Å². The Morgan fingerprint density at radius 1 is 1.35 bits per heavy atom. The van der Waals surface area contributed by atoms with Gasteiger partial charge in [-0.1, -0.05) is 0 Å². The van der Waals surface area contributed by atoms with Gasteiger partial charge in [0.1, 0.15) is 0 Å². The molecule has 1 amide bonds. The van der Waals surface area contributed by atoms with Crippen LogP contribution in [0.25, 0.3) is 0 Å². The molecule has 1 saturated heterocycles. The van der Waals surface area contributed by atoms with Crippen LogP contribution < -0.4 is 10.9 Å². The lowest BCUT2D eigenvalue weighted by molar-refractivity contribution is 0.0934. The van der Waals surface area contributed by atoms with Crippen molar-refractivity contribution in [3.8, 4) is 0 Å². The lowest BCUT2D eigenvalue weighted by Gasteiger charge is -2.22. The van der Waals surface area contributed by atoms with Crippen LogP contribution in [-0.4, -0.2) is 32.6 Å². The Morgan fingerprint density at radius 3 is 2.65 bits per heavy atom. The Morgan fingerprint density at radius 2 is 2.06 bits per heavy atom. The Balaban J connectivity index is 1.95. The molecule has 1 aromatic heterocycles. The molecule has 0 atom stereocenters. The molecule has 1 aromatic rings. The molecule has 0 unspecified atom stereocenters. The molecule has 92 valence electrons. The molecule has 1 aliphatic heterocycles. The number of hydrogen-bond acceptors (Lipinski definition) is 3. The Hall–Kier alpha value is -1.43. The van der Waals surface area contributed by atoms with Crippen molar-refractivity contribution in [3.05, 3.63) is 34.2 Å². The fourth-order valence-electron chi connectivity index (χ4n) is 1.76. The highest BCUT2D eigenvalue weighted by atomic mass is 32.2. The molecular formula is C11H14N2O3S. The van der Waals surface area contributed by atoms with Crippen molar-refractivity contribution in [1.82, 2.24) is 10.3 Å². The normalized spacial score (nSPS) is 24.2. The molecule has 0 aliphatic carbocycles. The fourth-order valence-corrected chi connectivity index (χ4v) is 3.06. The minimum absolute atomic E-state index is 0.0899. The predicted octanol–water partition coefficient (Wildman–Crippen LogP) is 0.0158. The first-order valence-corrected chi connectivity index (χ1v) is 6.98. The molecular weight excluding hydrogens is 240 g/mol. The number of pyridine rings is 1. The van der Waals surface area contributed by atoms with Crippen LogP contribution in [0.5, 0.6) is 0 Å². The second-order valence-electron chi connectivity index (χ2n) is 4.04. The molecule has 0 saturated carbocycles. The molecule has 2 rings (SSSR count). The van der Waals surface area contributed by atoms with Gasteiger partial charge in [-0.2, -0.15) is 0 Å². The number of rotatable bonds is 2. The summed E-state index contributed by atoms with van der Waals surface area (Å²) >= 11 is 0. The number of aromatic nitrogens is 1. The summed E-state index contributed by atoms with van der Waals surface area (Å²) in [5, 5.41) is 2.88. The van der Waals surface area contributed by atoms with Crippen molar-refractivity contribution in [3.63, 3.8) is 0 Å². The molecule has 17 heavy (non-hydrogen) atoms. The highest BCUT2D eigenvalue weighted by Gasteiger charge is 2.19. The Kier molecular flexibility index (Phi) is 3.73. The largest absolute Gasteiger partial charge is 0.349 e. The average Bonchev–Trinajstić information content (AvgIpc) is 2.33.